The van der Waals surface area contributed by atoms with Crippen LogP contribution in [0.3, 0.4) is 0 Å². The van der Waals surface area contributed by atoms with Crippen molar-refractivity contribution in [1.29, 1.82) is 0 Å². The fourth-order valence-electron chi connectivity index (χ4n) is 2.05. The first kappa shape index (κ1) is 19.1. The van der Waals surface area contributed by atoms with E-state index in [0.29, 0.717) is 0 Å². The highest BCUT2D eigenvalue weighted by Crippen LogP contribution is 2.23. The summed E-state index contributed by atoms with van der Waals surface area (Å²) in [7, 11) is 0. The second-order valence-corrected chi connectivity index (χ2v) is 5.13. The average molecular weight is 374 g/mol. The van der Waals surface area contributed by atoms with Crippen LogP contribution in [0, 0.1) is 5.21 Å². The zero-order valence-electron chi connectivity index (χ0n) is 13.2. The van der Waals surface area contributed by atoms with Crippen molar-refractivity contribution >= 4 is 35.3 Å². The van der Waals surface area contributed by atoms with Crippen LogP contribution in [0.15, 0.2) is 41.5 Å². The number of carbonyl (C=O) groups is 4. The highest BCUT2D eigenvalue weighted by atomic mass is 16.5. The molecule has 0 bridgehead atoms. The van der Waals surface area contributed by atoms with E-state index in [2.05, 4.69) is 5.11 Å². The van der Waals surface area contributed by atoms with Crippen molar-refractivity contribution in [3.8, 4) is 0 Å². The van der Waals surface area contributed by atoms with Crippen molar-refractivity contribution in [1.82, 2.24) is 0 Å². The number of carboxylic acid groups (broad SMARTS) is 4. The number of rotatable bonds is 6. The van der Waals surface area contributed by atoms with Gasteiger partial charge in [0.15, 0.2) is 0 Å². The molecule has 0 heterocycles. The standard InChI is InChI=1S/C16H10N2O9/c19-13(20)7-1-8(14(21)22)4-11(3-7)17-18(27)12-5-9(15(23)24)2-10(6-12)16(25)26/h1-6H,(H,19,20)(H,21,22)(H,23,24)(H,25,26)/b18-17-. The lowest BCUT2D eigenvalue weighted by molar-refractivity contribution is -0.435. The van der Waals surface area contributed by atoms with Gasteiger partial charge in [-0.15, -0.1) is 0 Å². The van der Waals surface area contributed by atoms with Gasteiger partial charge >= 0.3 is 23.9 Å². The molecule has 0 amide bonds. The molecule has 0 aliphatic rings. The lowest BCUT2D eigenvalue weighted by atomic mass is 10.1. The molecule has 0 fully saturated rings. The fourth-order valence-corrected chi connectivity index (χ4v) is 2.05. The molecule has 0 radical (unpaired) electrons. The van der Waals surface area contributed by atoms with Crippen LogP contribution < -0.4 is 0 Å². The predicted octanol–water partition coefficient (Wildman–Crippen LogP) is 2.41. The molecule has 0 spiro atoms. The number of benzene rings is 2. The minimum absolute atomic E-state index is 0.133. The minimum atomic E-state index is -1.48. The van der Waals surface area contributed by atoms with Crippen LogP contribution in [0.25, 0.3) is 0 Å². The molecular weight excluding hydrogens is 364 g/mol. The molecule has 2 aromatic rings. The minimum Gasteiger partial charge on any atom is -0.594 e. The molecule has 0 unspecified atom stereocenters. The number of azo groups is 1. The Hall–Kier alpha value is -4.28. The summed E-state index contributed by atoms with van der Waals surface area (Å²) in [6, 6.07) is 5.30. The maximum absolute atomic E-state index is 12.2. The van der Waals surface area contributed by atoms with Crippen molar-refractivity contribution in [2.75, 3.05) is 0 Å². The molecular formula is C16H10N2O9. The molecule has 0 saturated carbocycles. The van der Waals surface area contributed by atoms with Crippen LogP contribution in [-0.4, -0.2) is 49.2 Å². The molecule has 0 aromatic heterocycles. The van der Waals surface area contributed by atoms with Gasteiger partial charge in [0.05, 0.1) is 22.3 Å². The predicted molar refractivity (Wildman–Crippen MR) is 86.1 cm³/mol. The third-order valence-electron chi connectivity index (χ3n) is 3.25. The van der Waals surface area contributed by atoms with E-state index in [4.69, 9.17) is 20.4 Å². The Kier molecular flexibility index (Phi) is 5.16. The molecule has 0 atom stereocenters. The summed E-state index contributed by atoms with van der Waals surface area (Å²) in [6.45, 7) is 0. The summed E-state index contributed by atoms with van der Waals surface area (Å²) in [5, 5.41) is 51.7. The van der Waals surface area contributed by atoms with Gasteiger partial charge in [-0.05, 0) is 24.3 Å². The molecule has 0 saturated heterocycles. The molecule has 0 aliphatic carbocycles. The normalized spacial score (nSPS) is 11.0. The lowest BCUT2D eigenvalue weighted by Gasteiger charge is -2.04. The molecule has 27 heavy (non-hydrogen) atoms. The zero-order valence-corrected chi connectivity index (χ0v) is 13.2. The Morgan fingerprint density at radius 2 is 1.00 bits per heavy atom. The first-order valence-corrected chi connectivity index (χ1v) is 7.00. The summed E-state index contributed by atoms with van der Waals surface area (Å²) in [5.74, 6) is -5.86. The summed E-state index contributed by atoms with van der Waals surface area (Å²) >= 11 is 0. The number of hydrogen-bond donors (Lipinski definition) is 4. The monoisotopic (exact) mass is 374 g/mol. The molecule has 4 N–H and O–H groups in total. The highest BCUT2D eigenvalue weighted by Gasteiger charge is 2.18. The molecule has 11 nitrogen and oxygen atoms in total. The van der Waals surface area contributed by atoms with Crippen LogP contribution in [0.2, 0.25) is 0 Å². The van der Waals surface area contributed by atoms with E-state index in [1.165, 1.54) is 0 Å². The Balaban J connectivity index is 2.60. The number of nitrogens with zero attached hydrogens (tertiary/aromatic N) is 2. The van der Waals surface area contributed by atoms with Crippen molar-refractivity contribution in [2.24, 2.45) is 5.11 Å². The van der Waals surface area contributed by atoms with Gasteiger partial charge in [0.1, 0.15) is 5.69 Å². The van der Waals surface area contributed by atoms with E-state index in [9.17, 15) is 24.4 Å². The van der Waals surface area contributed by atoms with Crippen LogP contribution in [-0.2, 0) is 0 Å². The molecule has 0 aliphatic heterocycles. The van der Waals surface area contributed by atoms with Gasteiger partial charge in [0, 0.05) is 17.2 Å². The second kappa shape index (κ2) is 7.31. The molecule has 2 aromatic carbocycles. The van der Waals surface area contributed by atoms with Gasteiger partial charge in [-0.2, -0.15) is 0 Å². The van der Waals surface area contributed by atoms with E-state index in [1.54, 1.807) is 0 Å². The Morgan fingerprint density at radius 3 is 1.33 bits per heavy atom. The first-order valence-electron chi connectivity index (χ1n) is 7.00. The van der Waals surface area contributed by atoms with Gasteiger partial charge in [0.25, 0.3) is 0 Å². The Bertz CT molecular complexity index is 946. The number of carboxylic acids is 4. The van der Waals surface area contributed by atoms with Crippen LogP contribution >= 0.6 is 0 Å². The van der Waals surface area contributed by atoms with Gasteiger partial charge in [0.2, 0.25) is 5.69 Å². The smallest absolute Gasteiger partial charge is 0.335 e. The van der Waals surface area contributed by atoms with Crippen LogP contribution in [0.4, 0.5) is 11.4 Å². The third-order valence-corrected chi connectivity index (χ3v) is 3.25. The second-order valence-electron chi connectivity index (χ2n) is 5.13. The first-order chi connectivity index (χ1) is 12.6. The maximum atomic E-state index is 12.2. The van der Waals surface area contributed by atoms with Gasteiger partial charge in [-0.3, -0.25) is 0 Å². The third kappa shape index (κ3) is 4.42. The van der Waals surface area contributed by atoms with E-state index in [-0.39, 0.29) is 10.5 Å². The SMILES string of the molecule is O=C(O)c1cc(/N=[N+](\[O-])c2cc(C(=O)O)cc(C(=O)O)c2)cc(C(=O)O)c1. The Labute approximate surface area is 149 Å². The van der Waals surface area contributed by atoms with E-state index < -0.39 is 51.8 Å². The van der Waals surface area contributed by atoms with Crippen molar-refractivity contribution in [3.05, 3.63) is 63.9 Å². The summed E-state index contributed by atoms with van der Waals surface area (Å²) in [4.78, 5) is 44.1. The van der Waals surface area contributed by atoms with Crippen molar-refractivity contribution in [3.63, 3.8) is 0 Å². The highest BCUT2D eigenvalue weighted by molar-refractivity contribution is 5.95. The van der Waals surface area contributed by atoms with Gasteiger partial charge < -0.3 is 25.6 Å². The average Bonchev–Trinajstić information content (AvgIpc) is 2.60. The van der Waals surface area contributed by atoms with Crippen molar-refractivity contribution in [2.45, 2.75) is 0 Å². The Morgan fingerprint density at radius 1 is 0.667 bits per heavy atom. The number of aromatic carboxylic acids is 4. The van der Waals surface area contributed by atoms with Crippen LogP contribution in [0.1, 0.15) is 41.4 Å². The number of hydrogen-bond acceptors (Lipinski definition) is 6. The van der Waals surface area contributed by atoms with E-state index in [1.807, 2.05) is 0 Å². The fraction of sp³-hybridized carbons (Fsp3) is 0. The van der Waals surface area contributed by atoms with E-state index in [0.717, 1.165) is 36.4 Å². The van der Waals surface area contributed by atoms with Crippen LogP contribution in [0.5, 0.6) is 0 Å². The largest absolute Gasteiger partial charge is 0.594 e. The van der Waals surface area contributed by atoms with Crippen molar-refractivity contribution < 1.29 is 44.5 Å². The topological polar surface area (TPSA) is 188 Å². The molecule has 138 valence electrons. The summed E-state index contributed by atoms with van der Waals surface area (Å²) in [6.07, 6.45) is 0. The summed E-state index contributed by atoms with van der Waals surface area (Å²) in [5.41, 5.74) is -2.62. The maximum Gasteiger partial charge on any atom is 0.335 e. The lowest BCUT2D eigenvalue weighted by Crippen LogP contribution is -2.05. The quantitative estimate of drug-likeness (QED) is 0.334. The summed E-state index contributed by atoms with van der Waals surface area (Å²) < 4.78 is 0. The molecule has 2 rings (SSSR count). The zero-order chi connectivity index (χ0) is 20.3. The van der Waals surface area contributed by atoms with Gasteiger partial charge in [-0.1, -0.05) is 4.86 Å². The van der Waals surface area contributed by atoms with E-state index >= 15 is 0 Å². The van der Waals surface area contributed by atoms with Gasteiger partial charge in [-0.25, -0.2) is 19.2 Å². The molecule has 11 heteroatoms.